The molecule has 2 aliphatic rings. The number of nitrogens with zero attached hydrogens (tertiary/aromatic N) is 3. The lowest BCUT2D eigenvalue weighted by atomic mass is 9.87. The molecular weight excluding hydrogens is 370 g/mol. The number of aryl methyl sites for hydroxylation is 1. The second-order valence-corrected chi connectivity index (χ2v) is 7.64. The van der Waals surface area contributed by atoms with Crippen LogP contribution < -0.4 is 4.90 Å². The predicted molar refractivity (Wildman–Crippen MR) is 110 cm³/mol. The maximum absolute atomic E-state index is 12.7. The number of morpholine rings is 1. The van der Waals surface area contributed by atoms with Crippen molar-refractivity contribution in [3.63, 3.8) is 0 Å². The minimum Gasteiger partial charge on any atom is -0.378 e. The first kappa shape index (κ1) is 19.4. The first-order valence-corrected chi connectivity index (χ1v) is 9.99. The molecule has 1 aliphatic heterocycles. The Morgan fingerprint density at radius 2 is 1.90 bits per heavy atom. The topological polar surface area (TPSA) is 75.9 Å². The second-order valence-electron chi connectivity index (χ2n) is 7.64. The van der Waals surface area contributed by atoms with Gasteiger partial charge >= 0.3 is 0 Å². The molecule has 1 atom stereocenters. The molecule has 0 radical (unpaired) electrons. The van der Waals surface area contributed by atoms with E-state index >= 15 is 0 Å². The minimum atomic E-state index is -0.390. The maximum Gasteiger partial charge on any atom is 0.293 e. The molecule has 0 spiro atoms. The average molecular weight is 395 g/mol. The standard InChI is InChI=1S/C22H25N3O4/c1-23(19-8-6-16-4-2-3-5-17(16)14-19)20-9-7-18(15-21(20)25(27)28)22(26)24-10-12-29-13-11-24/h2-5,7,9,15,19H,6,8,10-14H2,1H3. The summed E-state index contributed by atoms with van der Waals surface area (Å²) in [6.45, 7) is 2.02. The number of likely N-dealkylation sites (N-methyl/N-ethyl adjacent to an activating group) is 1. The van der Waals surface area contributed by atoms with E-state index in [-0.39, 0.29) is 17.6 Å². The number of rotatable bonds is 4. The number of hydrogen-bond donors (Lipinski definition) is 0. The van der Waals surface area contributed by atoms with Gasteiger partial charge in [-0.05, 0) is 42.5 Å². The van der Waals surface area contributed by atoms with E-state index in [1.54, 1.807) is 17.0 Å². The van der Waals surface area contributed by atoms with E-state index in [1.807, 2.05) is 18.0 Å². The molecular formula is C22H25N3O4. The van der Waals surface area contributed by atoms with E-state index in [0.29, 0.717) is 37.6 Å². The van der Waals surface area contributed by atoms with Crippen LogP contribution >= 0.6 is 0 Å². The molecule has 1 heterocycles. The summed E-state index contributed by atoms with van der Waals surface area (Å²) in [5.74, 6) is -0.183. The summed E-state index contributed by atoms with van der Waals surface area (Å²) in [5, 5.41) is 11.8. The molecule has 0 saturated carbocycles. The Morgan fingerprint density at radius 1 is 1.17 bits per heavy atom. The van der Waals surface area contributed by atoms with Gasteiger partial charge in [-0.3, -0.25) is 14.9 Å². The number of anilines is 1. The van der Waals surface area contributed by atoms with Gasteiger partial charge in [0.15, 0.2) is 0 Å². The molecule has 2 aromatic carbocycles. The largest absolute Gasteiger partial charge is 0.378 e. The van der Waals surface area contributed by atoms with E-state index in [4.69, 9.17) is 4.74 Å². The monoisotopic (exact) mass is 395 g/mol. The van der Waals surface area contributed by atoms with Crippen LogP contribution in [0.3, 0.4) is 0 Å². The fourth-order valence-corrected chi connectivity index (χ4v) is 4.26. The molecule has 4 rings (SSSR count). The van der Waals surface area contributed by atoms with Crippen molar-refractivity contribution in [3.8, 4) is 0 Å². The summed E-state index contributed by atoms with van der Waals surface area (Å²) in [6.07, 6.45) is 2.77. The molecule has 29 heavy (non-hydrogen) atoms. The molecule has 0 N–H and O–H groups in total. The maximum atomic E-state index is 12.7. The number of ether oxygens (including phenoxy) is 1. The van der Waals surface area contributed by atoms with Crippen molar-refractivity contribution >= 4 is 17.3 Å². The Hall–Kier alpha value is -2.93. The summed E-state index contributed by atoms with van der Waals surface area (Å²) in [4.78, 5) is 27.8. The molecule has 7 nitrogen and oxygen atoms in total. The molecule has 1 amide bonds. The number of hydrogen-bond acceptors (Lipinski definition) is 5. The van der Waals surface area contributed by atoms with E-state index in [1.165, 1.54) is 17.2 Å². The highest BCUT2D eigenvalue weighted by Crippen LogP contribution is 2.33. The zero-order valence-corrected chi connectivity index (χ0v) is 16.5. The highest BCUT2D eigenvalue weighted by molar-refractivity contribution is 5.96. The molecule has 152 valence electrons. The van der Waals surface area contributed by atoms with Crippen LogP contribution in [0.2, 0.25) is 0 Å². The number of nitro benzene ring substituents is 1. The summed E-state index contributed by atoms with van der Waals surface area (Å²) in [7, 11) is 1.91. The number of fused-ring (bicyclic) bond motifs is 1. The van der Waals surface area contributed by atoms with Gasteiger partial charge in [0.2, 0.25) is 0 Å². The number of carbonyl (C=O) groups excluding carboxylic acids is 1. The third-order valence-electron chi connectivity index (χ3n) is 5.97. The van der Waals surface area contributed by atoms with E-state index in [0.717, 1.165) is 19.3 Å². The zero-order chi connectivity index (χ0) is 20.4. The number of amides is 1. The van der Waals surface area contributed by atoms with Gasteiger partial charge in [-0.2, -0.15) is 0 Å². The van der Waals surface area contributed by atoms with Crippen molar-refractivity contribution in [2.75, 3.05) is 38.3 Å². The van der Waals surface area contributed by atoms with Gasteiger partial charge in [0.25, 0.3) is 11.6 Å². The number of carbonyl (C=O) groups is 1. The summed E-state index contributed by atoms with van der Waals surface area (Å²) in [5.41, 5.74) is 3.54. The van der Waals surface area contributed by atoms with Crippen molar-refractivity contribution in [1.82, 2.24) is 4.90 Å². The van der Waals surface area contributed by atoms with Crippen molar-refractivity contribution in [2.24, 2.45) is 0 Å². The Balaban J connectivity index is 1.58. The van der Waals surface area contributed by atoms with Crippen LogP contribution in [0.15, 0.2) is 42.5 Å². The van der Waals surface area contributed by atoms with Crippen molar-refractivity contribution in [2.45, 2.75) is 25.3 Å². The van der Waals surface area contributed by atoms with Crippen LogP contribution in [0.5, 0.6) is 0 Å². The fourth-order valence-electron chi connectivity index (χ4n) is 4.26. The highest BCUT2D eigenvalue weighted by Gasteiger charge is 2.28. The van der Waals surface area contributed by atoms with Crippen LogP contribution in [0.25, 0.3) is 0 Å². The van der Waals surface area contributed by atoms with Crippen LogP contribution in [-0.4, -0.2) is 55.1 Å². The lowest BCUT2D eigenvalue weighted by Gasteiger charge is -2.34. The Labute approximate surface area is 170 Å². The summed E-state index contributed by atoms with van der Waals surface area (Å²) < 4.78 is 5.28. The van der Waals surface area contributed by atoms with Gasteiger partial charge in [0.1, 0.15) is 5.69 Å². The van der Waals surface area contributed by atoms with Gasteiger partial charge in [-0.25, -0.2) is 0 Å². The smallest absolute Gasteiger partial charge is 0.293 e. The minimum absolute atomic E-state index is 0.0227. The normalized spacial score (nSPS) is 18.8. The molecule has 1 unspecified atom stereocenters. The molecule has 1 saturated heterocycles. The molecule has 2 aromatic rings. The average Bonchev–Trinajstić information content (AvgIpc) is 2.78. The first-order valence-electron chi connectivity index (χ1n) is 9.99. The third-order valence-corrected chi connectivity index (χ3v) is 5.97. The number of benzene rings is 2. The molecule has 0 aromatic heterocycles. The van der Waals surface area contributed by atoms with E-state index in [9.17, 15) is 14.9 Å². The molecule has 1 fully saturated rings. The van der Waals surface area contributed by atoms with Gasteiger partial charge in [-0.15, -0.1) is 0 Å². The second kappa shape index (κ2) is 8.21. The fraction of sp³-hybridized carbons (Fsp3) is 0.409. The lowest BCUT2D eigenvalue weighted by Crippen LogP contribution is -2.40. The zero-order valence-electron chi connectivity index (χ0n) is 16.5. The quantitative estimate of drug-likeness (QED) is 0.587. The molecule has 7 heteroatoms. The highest BCUT2D eigenvalue weighted by atomic mass is 16.6. The SMILES string of the molecule is CN(c1ccc(C(=O)N2CCOCC2)cc1[N+](=O)[O-])C1CCc2ccccc2C1. The van der Waals surface area contributed by atoms with Crippen LogP contribution in [0.4, 0.5) is 11.4 Å². The lowest BCUT2D eigenvalue weighted by molar-refractivity contribution is -0.384. The van der Waals surface area contributed by atoms with Gasteiger partial charge in [0, 0.05) is 37.8 Å². The number of nitro groups is 1. The summed E-state index contributed by atoms with van der Waals surface area (Å²) in [6, 6.07) is 13.4. The van der Waals surface area contributed by atoms with Crippen LogP contribution in [0.1, 0.15) is 27.9 Å². The first-order chi connectivity index (χ1) is 14.0. The molecule has 1 aliphatic carbocycles. The van der Waals surface area contributed by atoms with Crippen molar-refractivity contribution in [1.29, 1.82) is 0 Å². The third kappa shape index (κ3) is 3.96. The molecule has 0 bridgehead atoms. The van der Waals surface area contributed by atoms with Crippen molar-refractivity contribution < 1.29 is 14.5 Å². The van der Waals surface area contributed by atoms with Gasteiger partial charge in [0.05, 0.1) is 18.1 Å². The Bertz CT molecular complexity index is 924. The predicted octanol–water partition coefficient (Wildman–Crippen LogP) is 3.06. The van der Waals surface area contributed by atoms with Gasteiger partial charge in [-0.1, -0.05) is 24.3 Å². The Morgan fingerprint density at radius 3 is 2.62 bits per heavy atom. The Kier molecular flexibility index (Phi) is 5.49. The van der Waals surface area contributed by atoms with E-state index in [2.05, 4.69) is 18.2 Å². The van der Waals surface area contributed by atoms with E-state index < -0.39 is 4.92 Å². The summed E-state index contributed by atoms with van der Waals surface area (Å²) >= 11 is 0. The van der Waals surface area contributed by atoms with Crippen LogP contribution in [-0.2, 0) is 17.6 Å². The van der Waals surface area contributed by atoms with Gasteiger partial charge < -0.3 is 14.5 Å². The van der Waals surface area contributed by atoms with Crippen molar-refractivity contribution in [3.05, 3.63) is 69.3 Å². The van der Waals surface area contributed by atoms with Crippen LogP contribution in [0, 0.1) is 10.1 Å².